The average molecular weight is 376 g/mol. The Labute approximate surface area is 160 Å². The summed E-state index contributed by atoms with van der Waals surface area (Å²) in [7, 11) is 0. The Hall–Kier alpha value is -2.37. The third-order valence-electron chi connectivity index (χ3n) is 4.16. The number of nitrogens with two attached hydrogens (primary N) is 1. The first-order chi connectivity index (χ1) is 12.0. The van der Waals surface area contributed by atoms with Crippen LogP contribution in [0.3, 0.4) is 0 Å². The largest absolute Gasteiger partial charge is 0.344 e. The maximum Gasteiger partial charge on any atom is 0.247 e. The Bertz CT molecular complexity index is 693. The minimum absolute atomic E-state index is 0. The van der Waals surface area contributed by atoms with Crippen LogP contribution in [0.5, 0.6) is 0 Å². The molecule has 0 bridgehead atoms. The average Bonchev–Trinajstić information content (AvgIpc) is 2.62. The summed E-state index contributed by atoms with van der Waals surface area (Å²) < 4.78 is 0. The van der Waals surface area contributed by atoms with Gasteiger partial charge in [-0.2, -0.15) is 0 Å². The quantitative estimate of drug-likeness (QED) is 0.695. The molecule has 0 saturated carbocycles. The van der Waals surface area contributed by atoms with Crippen molar-refractivity contribution in [2.75, 3.05) is 5.32 Å². The van der Waals surface area contributed by atoms with E-state index in [1.165, 1.54) is 0 Å². The molecule has 2 rings (SSSR count). The molecule has 6 heteroatoms. The molecule has 2 aromatic rings. The number of carbonyl (C=O) groups is 2. The van der Waals surface area contributed by atoms with Crippen molar-refractivity contribution in [2.45, 2.75) is 32.4 Å². The number of rotatable bonds is 7. The van der Waals surface area contributed by atoms with E-state index in [2.05, 4.69) is 10.6 Å². The molecule has 0 spiro atoms. The molecular weight excluding hydrogens is 350 g/mol. The maximum absolute atomic E-state index is 12.7. The molecule has 0 aliphatic carbocycles. The molecule has 4 N–H and O–H groups in total. The van der Waals surface area contributed by atoms with E-state index in [9.17, 15) is 9.59 Å². The Morgan fingerprint density at radius 1 is 0.923 bits per heavy atom. The van der Waals surface area contributed by atoms with Crippen LogP contribution < -0.4 is 16.4 Å². The van der Waals surface area contributed by atoms with Crippen molar-refractivity contribution >= 4 is 29.9 Å². The lowest BCUT2D eigenvalue weighted by atomic mass is 10.0. The van der Waals surface area contributed by atoms with Gasteiger partial charge >= 0.3 is 0 Å². The van der Waals surface area contributed by atoms with Gasteiger partial charge in [-0.1, -0.05) is 55.5 Å². The van der Waals surface area contributed by atoms with Crippen LogP contribution in [0.2, 0.25) is 0 Å². The van der Waals surface area contributed by atoms with Crippen molar-refractivity contribution in [3.8, 4) is 0 Å². The Balaban J connectivity index is 0.00000338. The van der Waals surface area contributed by atoms with Crippen molar-refractivity contribution in [2.24, 2.45) is 11.7 Å². The fraction of sp³-hybridized carbons (Fsp3) is 0.300. The summed E-state index contributed by atoms with van der Waals surface area (Å²) in [4.78, 5) is 25.1. The molecule has 0 saturated heterocycles. The van der Waals surface area contributed by atoms with Crippen LogP contribution in [-0.2, 0) is 16.0 Å². The molecule has 2 aromatic carbocycles. The highest BCUT2D eigenvalue weighted by Crippen LogP contribution is 2.10. The third kappa shape index (κ3) is 6.50. The number of carbonyl (C=O) groups excluding carboxylic acids is 2. The fourth-order valence-corrected chi connectivity index (χ4v) is 2.35. The highest BCUT2D eigenvalue weighted by Gasteiger charge is 2.25. The molecule has 0 radical (unpaired) electrons. The van der Waals surface area contributed by atoms with E-state index >= 15 is 0 Å². The topological polar surface area (TPSA) is 84.2 Å². The summed E-state index contributed by atoms with van der Waals surface area (Å²) in [5, 5.41) is 5.69. The molecule has 0 fully saturated rings. The van der Waals surface area contributed by atoms with E-state index in [0.29, 0.717) is 12.1 Å². The predicted octanol–water partition coefficient (Wildman–Crippen LogP) is 2.76. The molecule has 3 unspecified atom stereocenters. The number of hydrogen-bond donors (Lipinski definition) is 3. The Morgan fingerprint density at radius 3 is 2.00 bits per heavy atom. The summed E-state index contributed by atoms with van der Waals surface area (Å²) in [6.07, 6.45) is 0.414. The van der Waals surface area contributed by atoms with Crippen molar-refractivity contribution in [1.29, 1.82) is 0 Å². The van der Waals surface area contributed by atoms with Gasteiger partial charge in [-0.15, -0.1) is 12.4 Å². The van der Waals surface area contributed by atoms with Crippen molar-refractivity contribution in [1.82, 2.24) is 5.32 Å². The molecule has 0 heterocycles. The SMILES string of the molecule is CC(N)C(C)C(=O)NC(Cc1ccccc1)C(=O)Nc1ccccc1.Cl. The first-order valence-electron chi connectivity index (χ1n) is 8.43. The van der Waals surface area contributed by atoms with Gasteiger partial charge in [-0.3, -0.25) is 9.59 Å². The lowest BCUT2D eigenvalue weighted by Crippen LogP contribution is -2.49. The van der Waals surface area contributed by atoms with Gasteiger partial charge < -0.3 is 16.4 Å². The highest BCUT2D eigenvalue weighted by atomic mass is 35.5. The second kappa shape index (κ2) is 10.6. The zero-order valence-electron chi connectivity index (χ0n) is 15.0. The minimum Gasteiger partial charge on any atom is -0.344 e. The number of halogens is 1. The van der Waals surface area contributed by atoms with Gasteiger partial charge in [0.2, 0.25) is 11.8 Å². The zero-order valence-corrected chi connectivity index (χ0v) is 15.8. The number of hydrogen-bond acceptors (Lipinski definition) is 3. The normalized spacial score (nSPS) is 13.7. The van der Waals surface area contributed by atoms with Crippen molar-refractivity contribution in [3.63, 3.8) is 0 Å². The van der Waals surface area contributed by atoms with Gasteiger partial charge in [0, 0.05) is 24.1 Å². The van der Waals surface area contributed by atoms with Crippen molar-refractivity contribution < 1.29 is 9.59 Å². The predicted molar refractivity (Wildman–Crippen MR) is 107 cm³/mol. The number of benzene rings is 2. The van der Waals surface area contributed by atoms with Crippen LogP contribution in [0.1, 0.15) is 19.4 Å². The standard InChI is InChI=1S/C20H25N3O2.ClH/c1-14(15(2)21)19(24)23-18(13-16-9-5-3-6-10-16)20(25)22-17-11-7-4-8-12-17;/h3-12,14-15,18H,13,21H2,1-2H3,(H,22,25)(H,23,24);1H. The van der Waals surface area contributed by atoms with Crippen LogP contribution >= 0.6 is 12.4 Å². The van der Waals surface area contributed by atoms with E-state index in [4.69, 9.17) is 5.73 Å². The second-order valence-corrected chi connectivity index (χ2v) is 6.25. The molecule has 3 atom stereocenters. The van der Waals surface area contributed by atoms with E-state index in [1.54, 1.807) is 13.8 Å². The van der Waals surface area contributed by atoms with Crippen LogP contribution in [0.15, 0.2) is 60.7 Å². The van der Waals surface area contributed by atoms with Crippen molar-refractivity contribution in [3.05, 3.63) is 66.2 Å². The van der Waals surface area contributed by atoms with Gasteiger partial charge in [0.15, 0.2) is 0 Å². The van der Waals surface area contributed by atoms with E-state index < -0.39 is 6.04 Å². The highest BCUT2D eigenvalue weighted by molar-refractivity contribution is 5.97. The summed E-state index contributed by atoms with van der Waals surface area (Å²) in [6, 6.07) is 17.8. The summed E-state index contributed by atoms with van der Waals surface area (Å²) in [5.74, 6) is -0.845. The number of amides is 2. The van der Waals surface area contributed by atoms with Gasteiger partial charge in [0.25, 0.3) is 0 Å². The monoisotopic (exact) mass is 375 g/mol. The summed E-state index contributed by atoms with van der Waals surface area (Å²) >= 11 is 0. The third-order valence-corrected chi connectivity index (χ3v) is 4.16. The minimum atomic E-state index is -0.670. The Kier molecular flexibility index (Phi) is 8.82. The summed E-state index contributed by atoms with van der Waals surface area (Å²) in [6.45, 7) is 3.54. The van der Waals surface area contributed by atoms with Crippen LogP contribution in [0.25, 0.3) is 0 Å². The number of para-hydroxylation sites is 1. The fourth-order valence-electron chi connectivity index (χ4n) is 2.35. The van der Waals surface area contributed by atoms with Gasteiger partial charge in [-0.05, 0) is 24.6 Å². The molecule has 26 heavy (non-hydrogen) atoms. The lowest BCUT2D eigenvalue weighted by Gasteiger charge is -2.22. The van der Waals surface area contributed by atoms with Crippen LogP contribution in [0.4, 0.5) is 5.69 Å². The molecule has 2 amide bonds. The molecule has 0 aliphatic rings. The van der Waals surface area contributed by atoms with E-state index in [1.807, 2.05) is 60.7 Å². The van der Waals surface area contributed by atoms with Gasteiger partial charge in [-0.25, -0.2) is 0 Å². The first-order valence-corrected chi connectivity index (χ1v) is 8.43. The first kappa shape index (κ1) is 21.7. The Morgan fingerprint density at radius 2 is 1.46 bits per heavy atom. The molecule has 0 aromatic heterocycles. The van der Waals surface area contributed by atoms with Gasteiger partial charge in [0.1, 0.15) is 6.04 Å². The molecular formula is C20H26ClN3O2. The number of nitrogens with one attached hydrogen (secondary N) is 2. The smallest absolute Gasteiger partial charge is 0.247 e. The second-order valence-electron chi connectivity index (χ2n) is 6.25. The lowest BCUT2D eigenvalue weighted by molar-refractivity contribution is -0.129. The molecule has 0 aliphatic heterocycles. The molecule has 5 nitrogen and oxygen atoms in total. The van der Waals surface area contributed by atoms with E-state index in [0.717, 1.165) is 5.56 Å². The number of anilines is 1. The zero-order chi connectivity index (χ0) is 18.2. The maximum atomic E-state index is 12.7. The van der Waals surface area contributed by atoms with E-state index in [-0.39, 0.29) is 36.2 Å². The van der Waals surface area contributed by atoms with Crippen LogP contribution in [0, 0.1) is 5.92 Å². The van der Waals surface area contributed by atoms with Gasteiger partial charge in [0.05, 0.1) is 0 Å². The van der Waals surface area contributed by atoms with Crippen LogP contribution in [-0.4, -0.2) is 23.9 Å². The summed E-state index contributed by atoms with van der Waals surface area (Å²) in [5.41, 5.74) is 7.47. The molecule has 140 valence electrons.